The molecule has 62 valence electrons. The van der Waals surface area contributed by atoms with Crippen molar-refractivity contribution in [1.82, 2.24) is 9.88 Å². The van der Waals surface area contributed by atoms with Crippen LogP contribution < -0.4 is 0 Å². The quantitative estimate of drug-likeness (QED) is 0.613. The lowest BCUT2D eigenvalue weighted by molar-refractivity contribution is 0.0822. The van der Waals surface area contributed by atoms with Gasteiger partial charge in [-0.25, -0.2) is 4.98 Å². The summed E-state index contributed by atoms with van der Waals surface area (Å²) in [4.78, 5) is 16.6. The van der Waals surface area contributed by atoms with E-state index in [1.807, 2.05) is 0 Å². The van der Waals surface area contributed by atoms with Gasteiger partial charge in [-0.1, -0.05) is 6.07 Å². The third-order valence-electron chi connectivity index (χ3n) is 1.40. The highest BCUT2D eigenvalue weighted by Gasteiger charge is 2.08. The molecule has 3 heteroatoms. The summed E-state index contributed by atoms with van der Waals surface area (Å²) in [6, 6.07) is 4.99. The summed E-state index contributed by atoms with van der Waals surface area (Å²) in [5, 5.41) is 0. The zero-order valence-electron chi connectivity index (χ0n) is 7.11. The molecule has 12 heavy (non-hydrogen) atoms. The minimum absolute atomic E-state index is 0.137. The fourth-order valence-corrected chi connectivity index (χ4v) is 0.800. The molecule has 1 aromatic rings. The van der Waals surface area contributed by atoms with Crippen LogP contribution in [-0.4, -0.2) is 29.9 Å². The summed E-state index contributed by atoms with van der Waals surface area (Å²) in [5.41, 5.74) is 0.739. The number of carbonyl (C=O) groups is 1. The maximum Gasteiger partial charge on any atom is 0.271 e. The second-order valence-electron chi connectivity index (χ2n) is 2.65. The molecule has 0 aliphatic heterocycles. The van der Waals surface area contributed by atoms with Gasteiger partial charge >= 0.3 is 0 Å². The maximum atomic E-state index is 11.3. The third kappa shape index (κ3) is 1.81. The Hall–Kier alpha value is -1.38. The standard InChI is InChI=1S/C9H10N2O/c1-7-5-4-6-8(10-7)9(12)11(2)3/h1,4-6H,2-3H3. The highest BCUT2D eigenvalue weighted by molar-refractivity contribution is 5.91. The average Bonchev–Trinajstić information content (AvgIpc) is 2.03. The summed E-state index contributed by atoms with van der Waals surface area (Å²) in [5.74, 6) is -0.137. The molecule has 0 N–H and O–H groups in total. The topological polar surface area (TPSA) is 33.2 Å². The molecule has 0 aliphatic carbocycles. The molecule has 0 saturated heterocycles. The van der Waals surface area contributed by atoms with E-state index in [1.165, 1.54) is 4.90 Å². The Kier molecular flexibility index (Phi) is 2.43. The Morgan fingerprint density at radius 1 is 1.50 bits per heavy atom. The van der Waals surface area contributed by atoms with Gasteiger partial charge in [0.1, 0.15) is 5.69 Å². The zero-order valence-corrected chi connectivity index (χ0v) is 7.11. The van der Waals surface area contributed by atoms with Crippen LogP contribution in [0.5, 0.6) is 0 Å². The Bertz CT molecular complexity index is 294. The molecule has 1 heterocycles. The van der Waals surface area contributed by atoms with Gasteiger partial charge < -0.3 is 4.90 Å². The lowest BCUT2D eigenvalue weighted by Crippen LogP contribution is -2.22. The van der Waals surface area contributed by atoms with Crippen LogP contribution in [0.1, 0.15) is 16.2 Å². The van der Waals surface area contributed by atoms with E-state index in [-0.39, 0.29) is 5.91 Å². The van der Waals surface area contributed by atoms with Crippen LogP contribution in [-0.2, 0) is 0 Å². The molecule has 0 aromatic carbocycles. The first-order valence-electron chi connectivity index (χ1n) is 3.55. The van der Waals surface area contributed by atoms with Gasteiger partial charge in [-0.3, -0.25) is 4.79 Å². The summed E-state index contributed by atoms with van der Waals surface area (Å²) in [7, 11) is 3.35. The highest BCUT2D eigenvalue weighted by Crippen LogP contribution is 2.00. The van der Waals surface area contributed by atoms with Crippen molar-refractivity contribution in [3.8, 4) is 0 Å². The van der Waals surface area contributed by atoms with E-state index < -0.39 is 0 Å². The predicted molar refractivity (Wildman–Crippen MR) is 45.7 cm³/mol. The summed E-state index contributed by atoms with van der Waals surface area (Å²) >= 11 is 0. The number of aromatic nitrogens is 1. The number of hydrogen-bond acceptors (Lipinski definition) is 2. The molecule has 1 aromatic heterocycles. The van der Waals surface area contributed by atoms with Crippen molar-refractivity contribution in [3.63, 3.8) is 0 Å². The molecule has 2 radical (unpaired) electrons. The number of pyridine rings is 1. The summed E-state index contributed by atoms with van der Waals surface area (Å²) in [6.07, 6.45) is 0. The second kappa shape index (κ2) is 3.34. The van der Waals surface area contributed by atoms with Gasteiger partial charge in [-0.15, -0.1) is 0 Å². The molecule has 0 fully saturated rings. The van der Waals surface area contributed by atoms with Gasteiger partial charge in [0.25, 0.3) is 5.91 Å². The van der Waals surface area contributed by atoms with Crippen LogP contribution in [0.25, 0.3) is 0 Å². The van der Waals surface area contributed by atoms with Crippen molar-refractivity contribution in [3.05, 3.63) is 36.5 Å². The Labute approximate surface area is 72.0 Å². The first-order chi connectivity index (χ1) is 5.61. The molecular weight excluding hydrogens is 152 g/mol. The molecule has 0 saturated carbocycles. The SMILES string of the molecule is [CH]c1cccc(C(=O)N(C)C)n1. The van der Waals surface area contributed by atoms with Gasteiger partial charge in [0, 0.05) is 26.7 Å². The van der Waals surface area contributed by atoms with Crippen molar-refractivity contribution in [2.75, 3.05) is 14.1 Å². The van der Waals surface area contributed by atoms with Crippen LogP contribution in [0.4, 0.5) is 0 Å². The summed E-state index contributed by atoms with van der Waals surface area (Å²) in [6.45, 7) is 5.41. The Balaban J connectivity index is 2.96. The maximum absolute atomic E-state index is 11.3. The van der Waals surface area contributed by atoms with Gasteiger partial charge in [0.2, 0.25) is 0 Å². The molecule has 0 spiro atoms. The van der Waals surface area contributed by atoms with E-state index in [0.29, 0.717) is 11.4 Å². The smallest absolute Gasteiger partial charge is 0.271 e. The van der Waals surface area contributed by atoms with E-state index in [0.717, 1.165) is 0 Å². The van der Waals surface area contributed by atoms with E-state index in [9.17, 15) is 4.79 Å². The lowest BCUT2D eigenvalue weighted by atomic mass is 10.3. The molecule has 1 amide bonds. The van der Waals surface area contributed by atoms with Gasteiger partial charge in [0.15, 0.2) is 0 Å². The first kappa shape index (κ1) is 8.71. The normalized spacial score (nSPS) is 9.58. The highest BCUT2D eigenvalue weighted by atomic mass is 16.2. The van der Waals surface area contributed by atoms with Crippen molar-refractivity contribution >= 4 is 5.91 Å². The molecule has 0 bridgehead atoms. The molecule has 3 nitrogen and oxygen atoms in total. The van der Waals surface area contributed by atoms with Crippen LogP contribution in [0, 0.1) is 6.92 Å². The van der Waals surface area contributed by atoms with Gasteiger partial charge in [-0.2, -0.15) is 0 Å². The van der Waals surface area contributed by atoms with Crippen LogP contribution in [0.2, 0.25) is 0 Å². The van der Waals surface area contributed by atoms with E-state index in [4.69, 9.17) is 6.92 Å². The molecule has 1 rings (SSSR count). The van der Waals surface area contributed by atoms with Gasteiger partial charge in [-0.05, 0) is 12.1 Å². The largest absolute Gasteiger partial charge is 0.343 e. The monoisotopic (exact) mass is 162 g/mol. The molecular formula is C9H10N2O. The van der Waals surface area contributed by atoms with Crippen LogP contribution in [0.3, 0.4) is 0 Å². The Morgan fingerprint density at radius 2 is 2.17 bits per heavy atom. The lowest BCUT2D eigenvalue weighted by Gasteiger charge is -2.08. The van der Waals surface area contributed by atoms with Crippen molar-refractivity contribution in [1.29, 1.82) is 0 Å². The molecule has 0 atom stereocenters. The van der Waals surface area contributed by atoms with Crippen molar-refractivity contribution < 1.29 is 4.79 Å². The van der Waals surface area contributed by atoms with Crippen molar-refractivity contribution in [2.24, 2.45) is 0 Å². The second-order valence-corrected chi connectivity index (χ2v) is 2.65. The van der Waals surface area contributed by atoms with Crippen LogP contribution in [0.15, 0.2) is 18.2 Å². The predicted octanol–water partition coefficient (Wildman–Crippen LogP) is 0.843. The number of amides is 1. The van der Waals surface area contributed by atoms with Gasteiger partial charge in [0.05, 0.1) is 0 Å². The number of hydrogen-bond donors (Lipinski definition) is 0. The third-order valence-corrected chi connectivity index (χ3v) is 1.40. The minimum atomic E-state index is -0.137. The van der Waals surface area contributed by atoms with E-state index in [2.05, 4.69) is 4.98 Å². The van der Waals surface area contributed by atoms with E-state index in [1.54, 1.807) is 32.3 Å². The summed E-state index contributed by atoms with van der Waals surface area (Å²) < 4.78 is 0. The Morgan fingerprint density at radius 3 is 2.67 bits per heavy atom. The molecule has 0 aliphatic rings. The minimum Gasteiger partial charge on any atom is -0.343 e. The zero-order chi connectivity index (χ0) is 9.14. The number of rotatable bonds is 1. The van der Waals surface area contributed by atoms with E-state index >= 15 is 0 Å². The average molecular weight is 162 g/mol. The number of carbonyl (C=O) groups excluding carboxylic acids is 1. The molecule has 0 unspecified atom stereocenters. The fraction of sp³-hybridized carbons (Fsp3) is 0.222. The fourth-order valence-electron chi connectivity index (χ4n) is 0.800. The number of nitrogens with zero attached hydrogens (tertiary/aromatic N) is 2. The van der Waals surface area contributed by atoms with Crippen LogP contribution >= 0.6 is 0 Å². The van der Waals surface area contributed by atoms with Crippen molar-refractivity contribution in [2.45, 2.75) is 0 Å². The first-order valence-corrected chi connectivity index (χ1v) is 3.55.